The lowest BCUT2D eigenvalue weighted by Crippen LogP contribution is -2.51. The smallest absolute Gasteiger partial charge is 0.258 e. The Morgan fingerprint density at radius 1 is 0.909 bits per heavy atom. The quantitative estimate of drug-likeness (QED) is 0.577. The van der Waals surface area contributed by atoms with Crippen molar-refractivity contribution in [3.05, 3.63) is 78.1 Å². The van der Waals surface area contributed by atoms with Crippen molar-refractivity contribution in [3.8, 4) is 11.1 Å². The number of nitrogens with zero attached hydrogens (tertiary/aromatic N) is 2. The molecule has 6 nitrogen and oxygen atoms in total. The number of hydrogen-bond donors (Lipinski definition) is 0. The highest BCUT2D eigenvalue weighted by Gasteiger charge is 2.34. The Hall–Kier alpha value is -3.52. The van der Waals surface area contributed by atoms with E-state index >= 15 is 0 Å². The molecule has 1 aliphatic rings. The molecule has 0 radical (unpaired) electrons. The van der Waals surface area contributed by atoms with Gasteiger partial charge in [0.15, 0.2) is 9.84 Å². The van der Waals surface area contributed by atoms with Crippen molar-refractivity contribution < 1.29 is 22.4 Å². The number of carbonyl (C=O) groups excluding carboxylic acids is 2. The average molecular weight is 467 g/mol. The van der Waals surface area contributed by atoms with Gasteiger partial charge in [-0.2, -0.15) is 0 Å². The minimum atomic E-state index is -3.32. The molecule has 1 heterocycles. The van der Waals surface area contributed by atoms with E-state index in [0.717, 1.165) is 17.4 Å². The van der Waals surface area contributed by atoms with Gasteiger partial charge in [0, 0.05) is 25.3 Å². The van der Waals surface area contributed by atoms with Gasteiger partial charge in [0.25, 0.3) is 5.91 Å². The third-order valence-corrected chi connectivity index (χ3v) is 6.83. The van der Waals surface area contributed by atoms with Gasteiger partial charge in [-0.1, -0.05) is 18.2 Å². The number of rotatable bonds is 3. The molecule has 3 aromatic carbocycles. The molecule has 0 aromatic heterocycles. The van der Waals surface area contributed by atoms with Crippen LogP contribution in [0.5, 0.6) is 0 Å². The summed E-state index contributed by atoms with van der Waals surface area (Å²) in [7, 11) is -3.32. The molecule has 0 spiro atoms. The summed E-state index contributed by atoms with van der Waals surface area (Å²) in [6.45, 7) is 3.63. The molecule has 33 heavy (non-hydrogen) atoms. The highest BCUT2D eigenvalue weighted by molar-refractivity contribution is 7.90. The van der Waals surface area contributed by atoms with Crippen LogP contribution >= 0.6 is 0 Å². The second kappa shape index (κ2) is 8.44. The molecule has 4 rings (SSSR count). The van der Waals surface area contributed by atoms with E-state index in [2.05, 4.69) is 0 Å². The van der Waals surface area contributed by atoms with Gasteiger partial charge in [-0.25, -0.2) is 12.8 Å². The van der Waals surface area contributed by atoms with Gasteiger partial charge in [0.05, 0.1) is 22.3 Å². The average Bonchev–Trinajstić information content (AvgIpc) is 2.77. The third kappa shape index (κ3) is 4.39. The number of hydrogen-bond acceptors (Lipinski definition) is 4. The normalized spacial score (nSPS) is 15.8. The maximum atomic E-state index is 13.4. The van der Waals surface area contributed by atoms with Crippen LogP contribution in [0.15, 0.2) is 71.6 Å². The Labute approximate surface area is 192 Å². The number of sulfone groups is 1. The van der Waals surface area contributed by atoms with Crippen molar-refractivity contribution in [3.63, 3.8) is 0 Å². The first-order chi connectivity index (χ1) is 15.6. The molecule has 0 aliphatic carbocycles. The Morgan fingerprint density at radius 3 is 2.09 bits per heavy atom. The zero-order chi connectivity index (χ0) is 23.9. The second-order valence-electron chi connectivity index (χ2n) is 8.16. The van der Waals surface area contributed by atoms with E-state index in [9.17, 15) is 22.4 Å². The van der Waals surface area contributed by atoms with Crippen molar-refractivity contribution in [2.75, 3.05) is 22.6 Å². The van der Waals surface area contributed by atoms with E-state index in [1.54, 1.807) is 28.0 Å². The zero-order valence-corrected chi connectivity index (χ0v) is 19.3. The van der Waals surface area contributed by atoms with E-state index < -0.39 is 15.7 Å². The molecule has 0 saturated heterocycles. The lowest BCUT2D eigenvalue weighted by molar-refractivity contribution is -0.117. The topological polar surface area (TPSA) is 74.8 Å². The van der Waals surface area contributed by atoms with Crippen LogP contribution in [0.1, 0.15) is 24.2 Å². The Balaban J connectivity index is 1.81. The maximum absolute atomic E-state index is 13.4. The van der Waals surface area contributed by atoms with Crippen LogP contribution in [0.25, 0.3) is 11.1 Å². The highest BCUT2D eigenvalue weighted by Crippen LogP contribution is 2.39. The van der Waals surface area contributed by atoms with Crippen LogP contribution in [-0.2, 0) is 14.6 Å². The summed E-state index contributed by atoms with van der Waals surface area (Å²) in [5.41, 5.74) is 3.04. The fraction of sp³-hybridized carbons (Fsp3) is 0.200. The molecule has 0 unspecified atom stereocenters. The SMILES string of the molecule is CC(=O)N1c2ccc(-c3ccc(S(C)(=O)=O)cc3)cc2N(C(=O)c2ccc(F)cc2)C[C@@H]1C. The van der Waals surface area contributed by atoms with Crippen molar-refractivity contribution in [1.29, 1.82) is 0 Å². The molecule has 2 amide bonds. The summed E-state index contributed by atoms with van der Waals surface area (Å²) >= 11 is 0. The molecule has 0 fully saturated rings. The maximum Gasteiger partial charge on any atom is 0.258 e. The van der Waals surface area contributed by atoms with Crippen LogP contribution in [0.3, 0.4) is 0 Å². The van der Waals surface area contributed by atoms with Gasteiger partial charge in [-0.15, -0.1) is 0 Å². The number of benzene rings is 3. The summed E-state index contributed by atoms with van der Waals surface area (Å²) in [6.07, 6.45) is 1.15. The van der Waals surface area contributed by atoms with Crippen molar-refractivity contribution in [2.45, 2.75) is 24.8 Å². The molecule has 3 aromatic rings. The van der Waals surface area contributed by atoms with Gasteiger partial charge in [-0.3, -0.25) is 9.59 Å². The minimum Gasteiger partial charge on any atom is -0.306 e. The molecule has 170 valence electrons. The Bertz CT molecular complexity index is 1340. The Morgan fingerprint density at radius 2 is 1.52 bits per heavy atom. The lowest BCUT2D eigenvalue weighted by atomic mass is 10.00. The van der Waals surface area contributed by atoms with E-state index in [1.165, 1.54) is 43.3 Å². The molecule has 1 aliphatic heterocycles. The van der Waals surface area contributed by atoms with Gasteiger partial charge in [-0.05, 0) is 66.6 Å². The molecule has 0 saturated carbocycles. The van der Waals surface area contributed by atoms with Crippen LogP contribution in [-0.4, -0.2) is 39.1 Å². The minimum absolute atomic E-state index is 0.136. The summed E-state index contributed by atoms with van der Waals surface area (Å²) in [4.78, 5) is 29.2. The summed E-state index contributed by atoms with van der Waals surface area (Å²) in [5, 5.41) is 0. The first-order valence-electron chi connectivity index (χ1n) is 10.4. The summed E-state index contributed by atoms with van der Waals surface area (Å²) < 4.78 is 36.9. The number of fused-ring (bicyclic) bond motifs is 1. The fourth-order valence-electron chi connectivity index (χ4n) is 4.12. The van der Waals surface area contributed by atoms with E-state index in [1.807, 2.05) is 19.1 Å². The molecule has 0 N–H and O–H groups in total. The van der Waals surface area contributed by atoms with Crippen molar-refractivity contribution in [2.24, 2.45) is 0 Å². The van der Waals surface area contributed by atoms with E-state index in [4.69, 9.17) is 0 Å². The van der Waals surface area contributed by atoms with Gasteiger partial charge >= 0.3 is 0 Å². The first-order valence-corrected chi connectivity index (χ1v) is 12.3. The van der Waals surface area contributed by atoms with E-state index in [0.29, 0.717) is 16.9 Å². The van der Waals surface area contributed by atoms with Crippen LogP contribution in [0.4, 0.5) is 15.8 Å². The molecular formula is C25H23FN2O4S. The molecule has 1 atom stereocenters. The lowest BCUT2D eigenvalue weighted by Gasteiger charge is -2.41. The van der Waals surface area contributed by atoms with Crippen molar-refractivity contribution in [1.82, 2.24) is 0 Å². The predicted molar refractivity (Wildman–Crippen MR) is 126 cm³/mol. The van der Waals surface area contributed by atoms with Gasteiger partial charge in [0.2, 0.25) is 5.91 Å². The largest absolute Gasteiger partial charge is 0.306 e. The molecule has 0 bridgehead atoms. The number of carbonyl (C=O) groups is 2. The number of anilines is 2. The van der Waals surface area contributed by atoms with Crippen LogP contribution in [0, 0.1) is 5.82 Å². The molecular weight excluding hydrogens is 443 g/mol. The van der Waals surface area contributed by atoms with E-state index in [-0.39, 0.29) is 29.3 Å². The second-order valence-corrected chi connectivity index (χ2v) is 10.2. The first kappa shape index (κ1) is 22.7. The standard InChI is InChI=1S/C25H23FN2O4S/c1-16-15-27(25(30)19-4-9-21(26)10-5-19)24-14-20(8-13-23(24)28(16)17(2)29)18-6-11-22(12-7-18)33(3,31)32/h4-14,16H,15H2,1-3H3/t16-/m0/s1. The zero-order valence-electron chi connectivity index (χ0n) is 18.4. The molecule has 8 heteroatoms. The number of halogens is 1. The Kier molecular flexibility index (Phi) is 5.80. The van der Waals surface area contributed by atoms with Gasteiger partial charge in [0.1, 0.15) is 5.82 Å². The monoisotopic (exact) mass is 466 g/mol. The van der Waals surface area contributed by atoms with Crippen molar-refractivity contribution >= 4 is 33.0 Å². The van der Waals surface area contributed by atoms with Crippen LogP contribution in [0.2, 0.25) is 0 Å². The highest BCUT2D eigenvalue weighted by atomic mass is 32.2. The van der Waals surface area contributed by atoms with Crippen LogP contribution < -0.4 is 9.80 Å². The number of amides is 2. The summed E-state index contributed by atoms with van der Waals surface area (Å²) in [5.74, 6) is -0.861. The van der Waals surface area contributed by atoms with Gasteiger partial charge < -0.3 is 9.80 Å². The predicted octanol–water partition coefficient (Wildman–Crippen LogP) is 4.30. The summed E-state index contributed by atoms with van der Waals surface area (Å²) in [6, 6.07) is 17.0. The fourth-order valence-corrected chi connectivity index (χ4v) is 4.75. The third-order valence-electron chi connectivity index (χ3n) is 5.70.